The molecule has 0 saturated heterocycles. The van der Waals surface area contributed by atoms with Crippen LogP contribution in [0.5, 0.6) is 0 Å². The first-order chi connectivity index (χ1) is 4.00. The van der Waals surface area contributed by atoms with Gasteiger partial charge in [-0.1, -0.05) is 0 Å². The SMILES string of the molecule is O=S(=O)(O)O.O=S(=O)(O)O.[Zr]. The van der Waals surface area contributed by atoms with E-state index in [0.717, 1.165) is 0 Å². The van der Waals surface area contributed by atoms with Crippen LogP contribution in [0.25, 0.3) is 0 Å². The molecule has 0 amide bonds. The van der Waals surface area contributed by atoms with Crippen molar-refractivity contribution in [2.45, 2.75) is 0 Å². The van der Waals surface area contributed by atoms with E-state index in [1.165, 1.54) is 0 Å². The first-order valence-electron chi connectivity index (χ1n) is 1.40. The van der Waals surface area contributed by atoms with Crippen LogP contribution in [-0.2, 0) is 47.0 Å². The Balaban J connectivity index is -0.000000107. The standard InChI is InChI=1S/2H2O4S.Zr/c2*1-5(2,3)4;/h2*(H2,1,2,3,4);. The van der Waals surface area contributed by atoms with Crippen LogP contribution in [0, 0.1) is 0 Å². The Morgan fingerprint density at radius 2 is 0.636 bits per heavy atom. The molecular formula is H4O8S2Zr. The maximum absolute atomic E-state index is 8.74. The van der Waals surface area contributed by atoms with Crippen molar-refractivity contribution >= 4 is 20.8 Å². The maximum atomic E-state index is 8.74. The third kappa shape index (κ3) is 2030. The van der Waals surface area contributed by atoms with E-state index in [1.54, 1.807) is 0 Å². The van der Waals surface area contributed by atoms with E-state index in [9.17, 15) is 0 Å². The maximum Gasteiger partial charge on any atom is 0.394 e. The molecule has 0 radical (unpaired) electrons. The summed E-state index contributed by atoms with van der Waals surface area (Å²) in [4.78, 5) is 0. The fourth-order valence-corrected chi connectivity index (χ4v) is 0. The Morgan fingerprint density at radius 3 is 0.636 bits per heavy atom. The zero-order valence-electron chi connectivity index (χ0n) is 4.74. The summed E-state index contributed by atoms with van der Waals surface area (Å²) in [7, 11) is -9.33. The molecule has 0 aliphatic rings. The molecular weight excluding hydrogens is 283 g/mol. The second-order valence-electron chi connectivity index (χ2n) is 0.896. The second kappa shape index (κ2) is 6.17. The molecule has 0 heterocycles. The van der Waals surface area contributed by atoms with Crippen molar-refractivity contribution in [1.82, 2.24) is 0 Å². The van der Waals surface area contributed by atoms with Crippen molar-refractivity contribution in [1.29, 1.82) is 0 Å². The van der Waals surface area contributed by atoms with Crippen LogP contribution in [-0.4, -0.2) is 35.0 Å². The van der Waals surface area contributed by atoms with Gasteiger partial charge in [-0.25, -0.2) is 0 Å². The van der Waals surface area contributed by atoms with E-state index >= 15 is 0 Å². The van der Waals surface area contributed by atoms with Crippen molar-refractivity contribution < 1.29 is 61.3 Å². The van der Waals surface area contributed by atoms with Gasteiger partial charge in [0.25, 0.3) is 0 Å². The van der Waals surface area contributed by atoms with E-state index in [1.807, 2.05) is 0 Å². The first kappa shape index (κ1) is 17.6. The van der Waals surface area contributed by atoms with Crippen molar-refractivity contribution in [2.24, 2.45) is 0 Å². The average molecular weight is 287 g/mol. The summed E-state index contributed by atoms with van der Waals surface area (Å²) in [5.41, 5.74) is 0. The average Bonchev–Trinajstić information content (AvgIpc) is 1.12. The van der Waals surface area contributed by atoms with Gasteiger partial charge in [0.2, 0.25) is 0 Å². The van der Waals surface area contributed by atoms with Gasteiger partial charge in [-0.3, -0.25) is 18.2 Å². The van der Waals surface area contributed by atoms with Crippen molar-refractivity contribution in [3.63, 3.8) is 0 Å². The van der Waals surface area contributed by atoms with Crippen LogP contribution < -0.4 is 0 Å². The van der Waals surface area contributed by atoms with E-state index in [4.69, 9.17) is 35.0 Å². The monoisotopic (exact) mass is 286 g/mol. The quantitative estimate of drug-likeness (QED) is 0.401. The zero-order valence-corrected chi connectivity index (χ0v) is 8.83. The van der Waals surface area contributed by atoms with E-state index in [-0.39, 0.29) is 26.2 Å². The largest absolute Gasteiger partial charge is 0.394 e. The summed E-state index contributed by atoms with van der Waals surface area (Å²) < 4.78 is 63.2. The van der Waals surface area contributed by atoms with E-state index < -0.39 is 20.8 Å². The molecule has 0 aliphatic heterocycles. The van der Waals surface area contributed by atoms with Crippen LogP contribution in [0.2, 0.25) is 0 Å². The minimum Gasteiger partial charge on any atom is -0.264 e. The third-order valence-corrected chi connectivity index (χ3v) is 0. The Bertz CT molecular complexity index is 208. The Hall–Kier alpha value is 0.623. The van der Waals surface area contributed by atoms with Crippen molar-refractivity contribution in [3.8, 4) is 0 Å². The summed E-state index contributed by atoms with van der Waals surface area (Å²) in [6.07, 6.45) is 0. The third-order valence-electron chi connectivity index (χ3n) is 0. The Labute approximate surface area is 81.9 Å². The normalized spacial score (nSPS) is 10.5. The summed E-state index contributed by atoms with van der Waals surface area (Å²) in [5.74, 6) is 0. The molecule has 0 aromatic heterocycles. The van der Waals surface area contributed by atoms with Gasteiger partial charge in [0, 0.05) is 26.2 Å². The van der Waals surface area contributed by atoms with Gasteiger partial charge >= 0.3 is 20.8 Å². The molecule has 11 heavy (non-hydrogen) atoms. The number of rotatable bonds is 0. The molecule has 0 saturated carbocycles. The molecule has 0 rings (SSSR count). The minimum absolute atomic E-state index is 0. The van der Waals surface area contributed by atoms with Gasteiger partial charge in [0.15, 0.2) is 0 Å². The van der Waals surface area contributed by atoms with Crippen LogP contribution in [0.4, 0.5) is 0 Å². The molecule has 0 atom stereocenters. The number of hydrogen-bond donors (Lipinski definition) is 4. The summed E-state index contributed by atoms with van der Waals surface area (Å²) in [6.45, 7) is 0. The van der Waals surface area contributed by atoms with Gasteiger partial charge in [0.05, 0.1) is 0 Å². The number of hydrogen-bond acceptors (Lipinski definition) is 4. The summed E-state index contributed by atoms with van der Waals surface area (Å²) in [6, 6.07) is 0. The van der Waals surface area contributed by atoms with E-state index in [0.29, 0.717) is 0 Å². The predicted molar refractivity (Wildman–Crippen MR) is 28.4 cm³/mol. The van der Waals surface area contributed by atoms with Crippen molar-refractivity contribution in [2.75, 3.05) is 0 Å². The first-order valence-corrected chi connectivity index (χ1v) is 4.19. The van der Waals surface area contributed by atoms with Gasteiger partial charge in [-0.2, -0.15) is 16.8 Å². The van der Waals surface area contributed by atoms with Gasteiger partial charge in [-0.15, -0.1) is 0 Å². The van der Waals surface area contributed by atoms with Crippen LogP contribution in [0.3, 0.4) is 0 Å². The molecule has 0 aliphatic carbocycles. The van der Waals surface area contributed by atoms with Crippen molar-refractivity contribution in [3.05, 3.63) is 0 Å². The molecule has 0 fully saturated rings. The molecule has 4 N–H and O–H groups in total. The summed E-state index contributed by atoms with van der Waals surface area (Å²) >= 11 is 0. The Morgan fingerprint density at radius 1 is 0.636 bits per heavy atom. The molecule has 68 valence electrons. The van der Waals surface area contributed by atoms with Gasteiger partial charge < -0.3 is 0 Å². The minimum atomic E-state index is -4.67. The predicted octanol–water partition coefficient (Wildman–Crippen LogP) is -1.31. The van der Waals surface area contributed by atoms with Crippen LogP contribution in [0.1, 0.15) is 0 Å². The molecule has 0 aromatic rings. The second-order valence-corrected chi connectivity index (χ2v) is 2.69. The smallest absolute Gasteiger partial charge is 0.264 e. The van der Waals surface area contributed by atoms with Gasteiger partial charge in [0.1, 0.15) is 0 Å². The van der Waals surface area contributed by atoms with Crippen LogP contribution in [0.15, 0.2) is 0 Å². The summed E-state index contributed by atoms with van der Waals surface area (Å²) in [5, 5.41) is 0. The van der Waals surface area contributed by atoms with Crippen LogP contribution >= 0.6 is 0 Å². The topological polar surface area (TPSA) is 149 Å². The van der Waals surface area contributed by atoms with Gasteiger partial charge in [-0.05, 0) is 0 Å². The molecule has 8 nitrogen and oxygen atoms in total. The van der Waals surface area contributed by atoms with E-state index in [2.05, 4.69) is 0 Å². The molecule has 11 heteroatoms. The molecule has 0 bridgehead atoms. The fourth-order valence-electron chi connectivity index (χ4n) is 0. The zero-order chi connectivity index (χ0) is 9.00. The molecule has 0 unspecified atom stereocenters. The molecule has 0 spiro atoms. The Kier molecular flexibility index (Phi) is 9.90. The molecule has 0 aromatic carbocycles. The fraction of sp³-hybridized carbons (Fsp3) is 0.